The van der Waals surface area contributed by atoms with Crippen molar-refractivity contribution in [1.29, 1.82) is 0 Å². The Morgan fingerprint density at radius 2 is 1.70 bits per heavy atom. The molecule has 3 nitrogen and oxygen atoms in total. The first kappa shape index (κ1) is 16.4. The molecule has 0 heterocycles. The van der Waals surface area contributed by atoms with Gasteiger partial charge in [-0.15, -0.1) is 0 Å². The normalized spacial score (nSPS) is 55.8. The second kappa shape index (κ2) is 5.71. The van der Waals surface area contributed by atoms with Crippen molar-refractivity contribution in [3.8, 4) is 0 Å². The molecule has 0 aliphatic heterocycles. The van der Waals surface area contributed by atoms with Crippen LogP contribution in [0.1, 0.15) is 71.1 Å². The Morgan fingerprint density at radius 1 is 0.913 bits per heavy atom. The van der Waals surface area contributed by atoms with Gasteiger partial charge in [0.05, 0.1) is 11.7 Å². The summed E-state index contributed by atoms with van der Waals surface area (Å²) < 4.78 is 0. The minimum absolute atomic E-state index is 0.0118. The van der Waals surface area contributed by atoms with E-state index in [2.05, 4.69) is 6.92 Å². The van der Waals surface area contributed by atoms with Crippen LogP contribution >= 0.6 is 0 Å². The molecule has 0 spiro atoms. The van der Waals surface area contributed by atoms with E-state index in [9.17, 15) is 15.3 Å². The molecule has 4 fully saturated rings. The molecule has 0 radical (unpaired) electrons. The zero-order valence-electron chi connectivity index (χ0n) is 14.6. The average molecular weight is 322 g/mol. The summed E-state index contributed by atoms with van der Waals surface area (Å²) in [4.78, 5) is 0. The molecule has 4 aliphatic rings. The summed E-state index contributed by atoms with van der Waals surface area (Å²) >= 11 is 0. The maximum Gasteiger partial charge on any atom is 0.0725 e. The molecule has 0 amide bonds. The molecule has 0 saturated heterocycles. The Bertz CT molecular complexity index is 452. The van der Waals surface area contributed by atoms with Crippen LogP contribution in [0, 0.1) is 35.0 Å². The SMILES string of the molecule is C[C@]12CC[C@H]3[C@@H](CC[C@H]4C[C@@H](O)CC[C@@H]43)[C@@H]1CC[C@@]2(O)CCO. The van der Waals surface area contributed by atoms with Crippen LogP contribution in [0.4, 0.5) is 0 Å². The molecule has 0 aromatic heterocycles. The number of hydrogen-bond donors (Lipinski definition) is 3. The Morgan fingerprint density at radius 3 is 2.48 bits per heavy atom. The second-order valence-corrected chi connectivity index (χ2v) is 9.40. The van der Waals surface area contributed by atoms with Crippen molar-refractivity contribution < 1.29 is 15.3 Å². The summed E-state index contributed by atoms with van der Waals surface area (Å²) in [7, 11) is 0. The molecular formula is C20H34O3. The number of rotatable bonds is 2. The first-order valence-corrected chi connectivity index (χ1v) is 10.00. The fourth-order valence-electron chi connectivity index (χ4n) is 7.53. The van der Waals surface area contributed by atoms with Crippen LogP contribution in [0.3, 0.4) is 0 Å². The van der Waals surface area contributed by atoms with E-state index in [-0.39, 0.29) is 18.1 Å². The Kier molecular flexibility index (Phi) is 4.06. The number of aliphatic hydroxyl groups is 3. The van der Waals surface area contributed by atoms with Crippen LogP contribution in [0.25, 0.3) is 0 Å². The Balaban J connectivity index is 1.56. The monoisotopic (exact) mass is 322 g/mol. The van der Waals surface area contributed by atoms with Gasteiger partial charge in [-0.3, -0.25) is 0 Å². The van der Waals surface area contributed by atoms with Crippen molar-refractivity contribution in [3.63, 3.8) is 0 Å². The van der Waals surface area contributed by atoms with Gasteiger partial charge in [0.2, 0.25) is 0 Å². The molecule has 4 rings (SSSR count). The van der Waals surface area contributed by atoms with E-state index >= 15 is 0 Å². The van der Waals surface area contributed by atoms with Gasteiger partial charge >= 0.3 is 0 Å². The van der Waals surface area contributed by atoms with E-state index in [1.807, 2.05) is 0 Å². The highest BCUT2D eigenvalue weighted by molar-refractivity contribution is 5.12. The van der Waals surface area contributed by atoms with Crippen LogP contribution in [-0.2, 0) is 0 Å². The fraction of sp³-hybridized carbons (Fsp3) is 1.00. The molecule has 132 valence electrons. The zero-order chi connectivity index (χ0) is 16.2. The third kappa shape index (κ3) is 2.33. The van der Waals surface area contributed by atoms with Gasteiger partial charge < -0.3 is 15.3 Å². The van der Waals surface area contributed by atoms with Gasteiger partial charge in [-0.25, -0.2) is 0 Å². The molecule has 0 aromatic carbocycles. The predicted molar refractivity (Wildman–Crippen MR) is 89.8 cm³/mol. The lowest BCUT2D eigenvalue weighted by molar-refractivity contribution is -0.139. The number of aliphatic hydroxyl groups excluding tert-OH is 2. The number of hydrogen-bond acceptors (Lipinski definition) is 3. The van der Waals surface area contributed by atoms with Crippen LogP contribution in [0.5, 0.6) is 0 Å². The van der Waals surface area contributed by atoms with Crippen molar-refractivity contribution in [2.24, 2.45) is 35.0 Å². The summed E-state index contributed by atoms with van der Waals surface area (Å²) in [5.74, 6) is 3.83. The van der Waals surface area contributed by atoms with Gasteiger partial charge in [-0.2, -0.15) is 0 Å². The minimum Gasteiger partial charge on any atom is -0.396 e. The predicted octanol–water partition coefficient (Wildman–Crippen LogP) is 3.11. The fourth-order valence-corrected chi connectivity index (χ4v) is 7.53. The van der Waals surface area contributed by atoms with Gasteiger partial charge in [0.25, 0.3) is 0 Å². The van der Waals surface area contributed by atoms with Gasteiger partial charge in [0.15, 0.2) is 0 Å². The zero-order valence-corrected chi connectivity index (χ0v) is 14.6. The summed E-state index contributed by atoms with van der Waals surface area (Å²) in [5, 5.41) is 30.6. The molecule has 0 bridgehead atoms. The molecule has 4 aliphatic carbocycles. The van der Waals surface area contributed by atoms with Crippen molar-refractivity contribution in [1.82, 2.24) is 0 Å². The van der Waals surface area contributed by atoms with Crippen LogP contribution < -0.4 is 0 Å². The van der Waals surface area contributed by atoms with E-state index < -0.39 is 5.60 Å². The van der Waals surface area contributed by atoms with Crippen molar-refractivity contribution in [2.45, 2.75) is 82.8 Å². The third-order valence-electron chi connectivity index (χ3n) is 8.77. The number of fused-ring (bicyclic) bond motifs is 5. The Labute approximate surface area is 140 Å². The smallest absolute Gasteiger partial charge is 0.0725 e. The van der Waals surface area contributed by atoms with Gasteiger partial charge in [0, 0.05) is 6.61 Å². The topological polar surface area (TPSA) is 60.7 Å². The van der Waals surface area contributed by atoms with Crippen molar-refractivity contribution in [3.05, 3.63) is 0 Å². The third-order valence-corrected chi connectivity index (χ3v) is 8.77. The molecule has 0 unspecified atom stereocenters. The summed E-state index contributed by atoms with van der Waals surface area (Å²) in [6, 6.07) is 0. The lowest BCUT2D eigenvalue weighted by atomic mass is 9.49. The molecule has 3 heteroatoms. The summed E-state index contributed by atoms with van der Waals surface area (Å²) in [5.41, 5.74) is -0.630. The van der Waals surface area contributed by atoms with E-state index in [4.69, 9.17) is 0 Å². The maximum absolute atomic E-state index is 11.2. The molecule has 3 N–H and O–H groups in total. The molecule has 23 heavy (non-hydrogen) atoms. The van der Waals surface area contributed by atoms with E-state index in [1.54, 1.807) is 0 Å². The van der Waals surface area contributed by atoms with Gasteiger partial charge in [-0.05, 0) is 99.2 Å². The van der Waals surface area contributed by atoms with E-state index in [0.717, 1.165) is 55.8 Å². The highest BCUT2D eigenvalue weighted by Crippen LogP contribution is 2.65. The molecule has 0 aromatic rings. The quantitative estimate of drug-likeness (QED) is 0.732. The highest BCUT2D eigenvalue weighted by atomic mass is 16.3. The summed E-state index contributed by atoms with van der Waals surface area (Å²) in [6.07, 6.45) is 10.7. The molecular weight excluding hydrogens is 288 g/mol. The maximum atomic E-state index is 11.2. The van der Waals surface area contributed by atoms with E-state index in [1.165, 1.54) is 25.7 Å². The van der Waals surface area contributed by atoms with Crippen molar-refractivity contribution in [2.75, 3.05) is 6.61 Å². The van der Waals surface area contributed by atoms with Crippen LogP contribution in [0.15, 0.2) is 0 Å². The molecule has 4 saturated carbocycles. The van der Waals surface area contributed by atoms with Gasteiger partial charge in [0.1, 0.15) is 0 Å². The lowest BCUT2D eigenvalue weighted by Crippen LogP contribution is -2.54. The lowest BCUT2D eigenvalue weighted by Gasteiger charge is -2.57. The molecule has 8 atom stereocenters. The first-order valence-electron chi connectivity index (χ1n) is 10.00. The Hall–Kier alpha value is -0.120. The standard InChI is InChI=1S/C20H34O3/c1-19-8-6-16-15-5-3-14(22)12-13(15)2-4-17(16)18(19)7-9-20(19,23)10-11-21/h13-18,21-23H,2-12H2,1H3/t13-,14-,15-,16+,17+,18-,19-,20+/m0/s1. The van der Waals surface area contributed by atoms with Crippen LogP contribution in [0.2, 0.25) is 0 Å². The van der Waals surface area contributed by atoms with Crippen molar-refractivity contribution >= 4 is 0 Å². The largest absolute Gasteiger partial charge is 0.396 e. The minimum atomic E-state index is -0.642. The first-order chi connectivity index (χ1) is 11.0. The van der Waals surface area contributed by atoms with Crippen LogP contribution in [-0.4, -0.2) is 33.6 Å². The average Bonchev–Trinajstić information content (AvgIpc) is 2.79. The highest BCUT2D eigenvalue weighted by Gasteiger charge is 2.62. The van der Waals surface area contributed by atoms with Gasteiger partial charge in [-0.1, -0.05) is 6.92 Å². The summed E-state index contributed by atoms with van der Waals surface area (Å²) in [6.45, 7) is 2.42. The van der Waals surface area contributed by atoms with E-state index in [0.29, 0.717) is 12.3 Å². The second-order valence-electron chi connectivity index (χ2n) is 9.40.